The van der Waals surface area contributed by atoms with Crippen LogP contribution in [-0.4, -0.2) is 0 Å². The number of allylic oxidation sites excluding steroid dienone is 2. The van der Waals surface area contributed by atoms with E-state index in [1.165, 1.54) is 57.8 Å². The van der Waals surface area contributed by atoms with Gasteiger partial charge in [0.25, 0.3) is 0 Å². The summed E-state index contributed by atoms with van der Waals surface area (Å²) in [5.41, 5.74) is 0. The van der Waals surface area contributed by atoms with Crippen molar-refractivity contribution in [3.05, 3.63) is 12.2 Å². The standard InChI is InChI=1S/C15H28/c1-3-5-7-8-9-11-15-12-14(13-15)10-6-4-2/h9,11,14-15H,3-8,10,12-13H2,1-2H3/b11-9+. The predicted octanol–water partition coefficient (Wildman–Crippen LogP) is 5.34. The van der Waals surface area contributed by atoms with Gasteiger partial charge in [0.15, 0.2) is 0 Å². The van der Waals surface area contributed by atoms with Crippen LogP contribution in [0.1, 0.15) is 71.6 Å². The summed E-state index contributed by atoms with van der Waals surface area (Å²) in [4.78, 5) is 0. The fourth-order valence-corrected chi connectivity index (χ4v) is 2.47. The summed E-state index contributed by atoms with van der Waals surface area (Å²) in [6, 6.07) is 0. The Bertz CT molecular complexity index is 163. The minimum Gasteiger partial charge on any atom is -0.0883 e. The van der Waals surface area contributed by atoms with Gasteiger partial charge in [-0.1, -0.05) is 58.1 Å². The normalized spacial score (nSPS) is 25.7. The molecule has 0 heterocycles. The van der Waals surface area contributed by atoms with E-state index in [4.69, 9.17) is 0 Å². The molecule has 0 unspecified atom stereocenters. The van der Waals surface area contributed by atoms with E-state index in [2.05, 4.69) is 26.0 Å². The van der Waals surface area contributed by atoms with Crippen molar-refractivity contribution in [1.82, 2.24) is 0 Å². The molecule has 0 aromatic carbocycles. The van der Waals surface area contributed by atoms with Crippen LogP contribution < -0.4 is 0 Å². The molecule has 15 heavy (non-hydrogen) atoms. The number of unbranched alkanes of at least 4 members (excludes halogenated alkanes) is 4. The maximum atomic E-state index is 2.48. The van der Waals surface area contributed by atoms with Crippen LogP contribution in [0.3, 0.4) is 0 Å². The van der Waals surface area contributed by atoms with Gasteiger partial charge in [0.2, 0.25) is 0 Å². The second-order valence-corrected chi connectivity index (χ2v) is 5.16. The van der Waals surface area contributed by atoms with E-state index in [1.807, 2.05) is 0 Å². The molecule has 0 aliphatic heterocycles. The average Bonchev–Trinajstić information content (AvgIpc) is 2.19. The monoisotopic (exact) mass is 208 g/mol. The molecule has 0 N–H and O–H groups in total. The number of rotatable bonds is 8. The second-order valence-electron chi connectivity index (χ2n) is 5.16. The van der Waals surface area contributed by atoms with Gasteiger partial charge < -0.3 is 0 Å². The molecule has 0 spiro atoms. The molecule has 0 atom stereocenters. The van der Waals surface area contributed by atoms with Crippen molar-refractivity contribution in [3.8, 4) is 0 Å². The molecule has 1 aliphatic rings. The molecule has 1 fully saturated rings. The predicted molar refractivity (Wildman–Crippen MR) is 69.0 cm³/mol. The Morgan fingerprint density at radius 1 is 1.00 bits per heavy atom. The molecule has 1 rings (SSSR count). The highest BCUT2D eigenvalue weighted by atomic mass is 14.3. The topological polar surface area (TPSA) is 0 Å². The maximum Gasteiger partial charge on any atom is -0.0228 e. The van der Waals surface area contributed by atoms with Crippen molar-refractivity contribution in [1.29, 1.82) is 0 Å². The molecule has 1 saturated carbocycles. The molecular weight excluding hydrogens is 180 g/mol. The summed E-state index contributed by atoms with van der Waals surface area (Å²) < 4.78 is 0. The van der Waals surface area contributed by atoms with Crippen LogP contribution >= 0.6 is 0 Å². The molecule has 0 amide bonds. The number of hydrogen-bond donors (Lipinski definition) is 0. The van der Waals surface area contributed by atoms with E-state index in [1.54, 1.807) is 0 Å². The van der Waals surface area contributed by atoms with Crippen LogP contribution in [0.25, 0.3) is 0 Å². The lowest BCUT2D eigenvalue weighted by Crippen LogP contribution is -2.21. The SMILES string of the molecule is CCCCC/C=C/C1CC(CCCC)C1. The Balaban J connectivity index is 1.92. The van der Waals surface area contributed by atoms with Gasteiger partial charge in [0.1, 0.15) is 0 Å². The molecule has 88 valence electrons. The lowest BCUT2D eigenvalue weighted by molar-refractivity contribution is 0.220. The van der Waals surface area contributed by atoms with Crippen molar-refractivity contribution in [3.63, 3.8) is 0 Å². The highest BCUT2D eigenvalue weighted by Crippen LogP contribution is 2.37. The molecule has 0 nitrogen and oxygen atoms in total. The fourth-order valence-electron chi connectivity index (χ4n) is 2.47. The zero-order valence-corrected chi connectivity index (χ0v) is 10.7. The first kappa shape index (κ1) is 12.8. The number of hydrogen-bond acceptors (Lipinski definition) is 0. The third-order valence-corrected chi connectivity index (χ3v) is 3.62. The van der Waals surface area contributed by atoms with Crippen LogP contribution in [0.15, 0.2) is 12.2 Å². The molecule has 1 aliphatic carbocycles. The van der Waals surface area contributed by atoms with E-state index >= 15 is 0 Å². The van der Waals surface area contributed by atoms with Gasteiger partial charge in [-0.2, -0.15) is 0 Å². The first-order chi connectivity index (χ1) is 7.36. The largest absolute Gasteiger partial charge is 0.0883 e. The van der Waals surface area contributed by atoms with Crippen LogP contribution in [0.4, 0.5) is 0 Å². The van der Waals surface area contributed by atoms with Crippen LogP contribution in [0.2, 0.25) is 0 Å². The Morgan fingerprint density at radius 3 is 2.40 bits per heavy atom. The zero-order chi connectivity index (χ0) is 10.9. The summed E-state index contributed by atoms with van der Waals surface area (Å²) in [5.74, 6) is 2.00. The van der Waals surface area contributed by atoms with E-state index in [0.717, 1.165) is 11.8 Å². The first-order valence-electron chi connectivity index (χ1n) is 7.03. The van der Waals surface area contributed by atoms with E-state index in [0.29, 0.717) is 0 Å². The Kier molecular flexibility index (Phi) is 6.80. The van der Waals surface area contributed by atoms with Crippen molar-refractivity contribution in [2.24, 2.45) is 11.8 Å². The molecule has 0 heteroatoms. The lowest BCUT2D eigenvalue weighted by Gasteiger charge is -2.33. The van der Waals surface area contributed by atoms with Crippen molar-refractivity contribution < 1.29 is 0 Å². The van der Waals surface area contributed by atoms with Crippen molar-refractivity contribution >= 4 is 0 Å². The van der Waals surface area contributed by atoms with Crippen LogP contribution in [0.5, 0.6) is 0 Å². The zero-order valence-electron chi connectivity index (χ0n) is 10.7. The first-order valence-corrected chi connectivity index (χ1v) is 7.03. The quantitative estimate of drug-likeness (QED) is 0.373. The van der Waals surface area contributed by atoms with Crippen LogP contribution in [0, 0.1) is 11.8 Å². The maximum absolute atomic E-state index is 2.48. The Labute approximate surface area is 96.2 Å². The summed E-state index contributed by atoms with van der Waals surface area (Å²) in [6.45, 7) is 4.57. The van der Waals surface area contributed by atoms with E-state index < -0.39 is 0 Å². The van der Waals surface area contributed by atoms with E-state index in [-0.39, 0.29) is 0 Å². The Hall–Kier alpha value is -0.260. The lowest BCUT2D eigenvalue weighted by atomic mass is 9.72. The summed E-state index contributed by atoms with van der Waals surface area (Å²) in [6.07, 6.45) is 17.6. The minimum atomic E-state index is 0.938. The van der Waals surface area contributed by atoms with Crippen molar-refractivity contribution in [2.75, 3.05) is 0 Å². The summed E-state index contributed by atoms with van der Waals surface area (Å²) in [5, 5.41) is 0. The molecule has 0 bridgehead atoms. The van der Waals surface area contributed by atoms with Gasteiger partial charge in [-0.05, 0) is 37.5 Å². The molecule has 0 saturated heterocycles. The minimum absolute atomic E-state index is 0.938. The third kappa shape index (κ3) is 5.39. The van der Waals surface area contributed by atoms with Crippen molar-refractivity contribution in [2.45, 2.75) is 71.6 Å². The summed E-state index contributed by atoms with van der Waals surface area (Å²) >= 11 is 0. The molecule has 0 radical (unpaired) electrons. The Morgan fingerprint density at radius 2 is 1.73 bits per heavy atom. The molecule has 0 aromatic heterocycles. The van der Waals surface area contributed by atoms with Gasteiger partial charge >= 0.3 is 0 Å². The molecular formula is C15H28. The fraction of sp³-hybridized carbons (Fsp3) is 0.867. The van der Waals surface area contributed by atoms with Gasteiger partial charge in [0, 0.05) is 0 Å². The van der Waals surface area contributed by atoms with Crippen LogP contribution in [-0.2, 0) is 0 Å². The highest BCUT2D eigenvalue weighted by Gasteiger charge is 2.25. The second kappa shape index (κ2) is 7.96. The summed E-state index contributed by atoms with van der Waals surface area (Å²) in [7, 11) is 0. The average molecular weight is 208 g/mol. The van der Waals surface area contributed by atoms with Gasteiger partial charge in [0.05, 0.1) is 0 Å². The third-order valence-electron chi connectivity index (χ3n) is 3.62. The van der Waals surface area contributed by atoms with Gasteiger partial charge in [-0.3, -0.25) is 0 Å². The highest BCUT2D eigenvalue weighted by molar-refractivity contribution is 4.95. The molecule has 0 aromatic rings. The smallest absolute Gasteiger partial charge is 0.0228 e. The van der Waals surface area contributed by atoms with Gasteiger partial charge in [-0.15, -0.1) is 0 Å². The van der Waals surface area contributed by atoms with E-state index in [9.17, 15) is 0 Å². The van der Waals surface area contributed by atoms with Gasteiger partial charge in [-0.25, -0.2) is 0 Å².